The number of hydrogen-bond acceptors (Lipinski definition) is 5. The number of carbonyl (C=O) groups excluding carboxylic acids is 1. The number of nitrogens with one attached hydrogen (secondary N) is 1. The van der Waals surface area contributed by atoms with E-state index in [-0.39, 0.29) is 36.3 Å². The van der Waals surface area contributed by atoms with Crippen LogP contribution >= 0.6 is 12.4 Å². The molecule has 2 aliphatic rings. The Morgan fingerprint density at radius 1 is 1.07 bits per heavy atom. The Balaban J connectivity index is 0.00000280. The molecule has 0 aromatic heterocycles. The van der Waals surface area contributed by atoms with E-state index in [0.29, 0.717) is 29.1 Å². The molecule has 158 valence electrons. The molecule has 3 rings (SSSR count). The van der Waals surface area contributed by atoms with Crippen LogP contribution in [0.2, 0.25) is 0 Å². The third-order valence-corrected chi connectivity index (χ3v) is 6.33. The van der Waals surface area contributed by atoms with Gasteiger partial charge in [0.25, 0.3) is 0 Å². The zero-order valence-electron chi connectivity index (χ0n) is 17.2. The predicted octanol–water partition coefficient (Wildman–Crippen LogP) is 3.47. The van der Waals surface area contributed by atoms with Gasteiger partial charge in [-0.1, -0.05) is 6.42 Å². The van der Waals surface area contributed by atoms with Gasteiger partial charge in [-0.05, 0) is 62.1 Å². The van der Waals surface area contributed by atoms with Gasteiger partial charge in [0.05, 0.1) is 27.4 Å². The van der Waals surface area contributed by atoms with Gasteiger partial charge < -0.3 is 25.3 Å². The SMILES string of the molecule is COc1cc(C(C)NC(=O)C2CC3CCCC(C2)C3N)cc(OC)c1OC.Cl. The molecule has 3 N–H and O–H groups in total. The zero-order valence-corrected chi connectivity index (χ0v) is 18.0. The number of amides is 1. The van der Waals surface area contributed by atoms with Crippen molar-refractivity contribution in [2.45, 2.75) is 51.1 Å². The van der Waals surface area contributed by atoms with Crippen molar-refractivity contribution < 1.29 is 19.0 Å². The molecular formula is C21H33ClN2O4. The maximum atomic E-state index is 12.9. The third kappa shape index (κ3) is 4.49. The first-order chi connectivity index (χ1) is 13.0. The number of nitrogens with two attached hydrogens (primary N) is 1. The molecule has 3 atom stereocenters. The van der Waals surface area contributed by atoms with Crippen molar-refractivity contribution >= 4 is 18.3 Å². The minimum Gasteiger partial charge on any atom is -0.493 e. The molecular weight excluding hydrogens is 380 g/mol. The number of benzene rings is 1. The summed E-state index contributed by atoms with van der Waals surface area (Å²) in [6.07, 6.45) is 5.38. The molecule has 1 amide bonds. The van der Waals surface area contributed by atoms with Gasteiger partial charge >= 0.3 is 0 Å². The minimum atomic E-state index is -0.151. The summed E-state index contributed by atoms with van der Waals surface area (Å²) in [7, 11) is 4.76. The molecule has 3 unspecified atom stereocenters. The maximum Gasteiger partial charge on any atom is 0.223 e. The van der Waals surface area contributed by atoms with E-state index in [1.165, 1.54) is 6.42 Å². The van der Waals surface area contributed by atoms with Crippen LogP contribution in [0.15, 0.2) is 12.1 Å². The molecule has 1 aromatic rings. The number of methoxy groups -OCH3 is 3. The summed E-state index contributed by atoms with van der Waals surface area (Å²) < 4.78 is 16.2. The van der Waals surface area contributed by atoms with Gasteiger partial charge in [-0.15, -0.1) is 12.4 Å². The second-order valence-corrected chi connectivity index (χ2v) is 7.89. The third-order valence-electron chi connectivity index (χ3n) is 6.33. The van der Waals surface area contributed by atoms with Crippen molar-refractivity contribution in [3.05, 3.63) is 17.7 Å². The van der Waals surface area contributed by atoms with Crippen LogP contribution in [-0.2, 0) is 4.79 Å². The quantitative estimate of drug-likeness (QED) is 0.747. The standard InChI is InChI=1S/C21H32N2O4.ClH/c1-12(15-10-17(25-2)20(27-4)18(11-15)26-3)23-21(24)16-8-13-6-5-7-14(9-16)19(13)22;/h10-14,16,19H,5-9,22H2,1-4H3,(H,23,24);1H. The predicted molar refractivity (Wildman–Crippen MR) is 111 cm³/mol. The van der Waals surface area contributed by atoms with Crippen LogP contribution < -0.4 is 25.3 Å². The fraction of sp³-hybridized carbons (Fsp3) is 0.667. The molecule has 2 bridgehead atoms. The Morgan fingerprint density at radius 3 is 2.07 bits per heavy atom. The summed E-state index contributed by atoms with van der Waals surface area (Å²) in [5.74, 6) is 2.90. The van der Waals surface area contributed by atoms with Gasteiger partial charge in [0, 0.05) is 12.0 Å². The molecule has 2 aliphatic carbocycles. The van der Waals surface area contributed by atoms with Crippen LogP contribution in [0.5, 0.6) is 17.2 Å². The molecule has 7 heteroatoms. The Hall–Kier alpha value is -1.66. The Morgan fingerprint density at radius 2 is 1.61 bits per heavy atom. The van der Waals surface area contributed by atoms with Gasteiger partial charge in [0.1, 0.15) is 0 Å². The molecule has 1 aromatic carbocycles. The highest BCUT2D eigenvalue weighted by molar-refractivity contribution is 5.85. The number of hydrogen-bond donors (Lipinski definition) is 2. The Labute approximate surface area is 173 Å². The van der Waals surface area contributed by atoms with Crippen molar-refractivity contribution in [1.29, 1.82) is 0 Å². The fourth-order valence-corrected chi connectivity index (χ4v) is 4.77. The number of halogens is 1. The second kappa shape index (κ2) is 9.70. The van der Waals surface area contributed by atoms with Crippen molar-refractivity contribution in [2.24, 2.45) is 23.5 Å². The molecule has 6 nitrogen and oxygen atoms in total. The summed E-state index contributed by atoms with van der Waals surface area (Å²) in [6.45, 7) is 1.98. The van der Waals surface area contributed by atoms with E-state index >= 15 is 0 Å². The van der Waals surface area contributed by atoms with E-state index < -0.39 is 0 Å². The zero-order chi connectivity index (χ0) is 19.6. The second-order valence-electron chi connectivity index (χ2n) is 7.89. The van der Waals surface area contributed by atoms with Crippen LogP contribution in [0.4, 0.5) is 0 Å². The average Bonchev–Trinajstić information content (AvgIpc) is 2.66. The summed E-state index contributed by atoms with van der Waals surface area (Å²) in [6, 6.07) is 3.90. The summed E-state index contributed by atoms with van der Waals surface area (Å²) in [5.41, 5.74) is 7.28. The topological polar surface area (TPSA) is 82.8 Å². The van der Waals surface area contributed by atoms with Crippen LogP contribution in [-0.4, -0.2) is 33.3 Å². The van der Waals surface area contributed by atoms with Crippen molar-refractivity contribution in [2.75, 3.05) is 21.3 Å². The van der Waals surface area contributed by atoms with Crippen molar-refractivity contribution in [3.8, 4) is 17.2 Å². The largest absolute Gasteiger partial charge is 0.493 e. The Kier molecular flexibility index (Phi) is 7.84. The number of ether oxygens (including phenoxy) is 3. The highest BCUT2D eigenvalue weighted by Gasteiger charge is 2.40. The van der Waals surface area contributed by atoms with E-state index in [4.69, 9.17) is 19.9 Å². The molecule has 0 heterocycles. The van der Waals surface area contributed by atoms with Crippen molar-refractivity contribution in [3.63, 3.8) is 0 Å². The van der Waals surface area contributed by atoms with Gasteiger partial charge in [-0.3, -0.25) is 4.79 Å². The normalized spacial score (nSPS) is 27.2. The van der Waals surface area contributed by atoms with E-state index in [1.807, 2.05) is 19.1 Å². The lowest BCUT2D eigenvalue weighted by atomic mass is 9.65. The number of rotatable bonds is 6. The summed E-state index contributed by atoms with van der Waals surface area (Å²) in [4.78, 5) is 12.9. The van der Waals surface area contributed by atoms with Crippen LogP contribution in [0.3, 0.4) is 0 Å². The van der Waals surface area contributed by atoms with E-state index in [9.17, 15) is 4.79 Å². The molecule has 0 aliphatic heterocycles. The molecule has 0 radical (unpaired) electrons. The van der Waals surface area contributed by atoms with Crippen LogP contribution in [0.25, 0.3) is 0 Å². The van der Waals surface area contributed by atoms with E-state index in [0.717, 1.165) is 31.2 Å². The lowest BCUT2D eigenvalue weighted by molar-refractivity contribution is -0.128. The first-order valence-corrected chi connectivity index (χ1v) is 9.84. The number of carbonyl (C=O) groups is 1. The maximum absolute atomic E-state index is 12.9. The van der Waals surface area contributed by atoms with Gasteiger partial charge in [-0.25, -0.2) is 0 Å². The first-order valence-electron chi connectivity index (χ1n) is 9.84. The van der Waals surface area contributed by atoms with Crippen LogP contribution in [0, 0.1) is 17.8 Å². The van der Waals surface area contributed by atoms with E-state index in [2.05, 4.69) is 5.32 Å². The molecule has 0 spiro atoms. The smallest absolute Gasteiger partial charge is 0.223 e. The summed E-state index contributed by atoms with van der Waals surface area (Å²) >= 11 is 0. The highest BCUT2D eigenvalue weighted by Crippen LogP contribution is 2.43. The van der Waals surface area contributed by atoms with Gasteiger partial charge in [0.2, 0.25) is 11.7 Å². The van der Waals surface area contributed by atoms with Crippen LogP contribution in [0.1, 0.15) is 50.6 Å². The van der Waals surface area contributed by atoms with Gasteiger partial charge in [-0.2, -0.15) is 0 Å². The Bertz CT molecular complexity index is 645. The van der Waals surface area contributed by atoms with Gasteiger partial charge in [0.15, 0.2) is 11.5 Å². The number of fused-ring (bicyclic) bond motifs is 2. The monoisotopic (exact) mass is 412 g/mol. The summed E-state index contributed by atoms with van der Waals surface area (Å²) in [5, 5.41) is 3.18. The molecule has 28 heavy (non-hydrogen) atoms. The van der Waals surface area contributed by atoms with Crippen molar-refractivity contribution in [1.82, 2.24) is 5.32 Å². The lowest BCUT2D eigenvalue weighted by Gasteiger charge is -2.43. The average molecular weight is 413 g/mol. The first kappa shape index (κ1) is 22.6. The molecule has 2 saturated carbocycles. The minimum absolute atomic E-state index is 0. The molecule has 0 saturated heterocycles. The highest BCUT2D eigenvalue weighted by atomic mass is 35.5. The molecule has 2 fully saturated rings. The lowest BCUT2D eigenvalue weighted by Crippen LogP contribution is -2.49. The fourth-order valence-electron chi connectivity index (χ4n) is 4.77. The van der Waals surface area contributed by atoms with E-state index in [1.54, 1.807) is 21.3 Å².